The highest BCUT2D eigenvalue weighted by Crippen LogP contribution is 2.36. The highest BCUT2D eigenvalue weighted by Gasteiger charge is 2.25. The van der Waals surface area contributed by atoms with E-state index in [1.165, 1.54) is 6.20 Å². The maximum Gasteiger partial charge on any atom is 0.267 e. The lowest BCUT2D eigenvalue weighted by Crippen LogP contribution is -2.13. The number of aryl methyl sites for hydroxylation is 1. The first-order valence-electron chi connectivity index (χ1n) is 8.95. The number of halogens is 3. The fourth-order valence-corrected chi connectivity index (χ4v) is 3.82. The Bertz CT molecular complexity index is 1280. The van der Waals surface area contributed by atoms with Crippen molar-refractivity contribution in [1.82, 2.24) is 18.9 Å². The number of primary amides is 1. The summed E-state index contributed by atoms with van der Waals surface area (Å²) in [6.45, 7) is 0.689. The molecule has 0 saturated heterocycles. The van der Waals surface area contributed by atoms with Crippen LogP contribution < -0.4 is 5.73 Å². The van der Waals surface area contributed by atoms with Crippen LogP contribution in [-0.2, 0) is 13.0 Å². The van der Waals surface area contributed by atoms with E-state index < -0.39 is 23.4 Å². The van der Waals surface area contributed by atoms with Gasteiger partial charge in [-0.25, -0.2) is 23.1 Å². The molecule has 0 spiro atoms. The van der Waals surface area contributed by atoms with Crippen LogP contribution in [0.3, 0.4) is 0 Å². The Morgan fingerprint density at radius 2 is 1.86 bits per heavy atom. The van der Waals surface area contributed by atoms with E-state index in [-0.39, 0.29) is 11.3 Å². The normalized spacial score (nSPS) is 13.2. The van der Waals surface area contributed by atoms with Gasteiger partial charge in [0.15, 0.2) is 17.5 Å². The maximum absolute atomic E-state index is 13.9. The molecular weight excluding hydrogens is 383 g/mol. The molecule has 0 aliphatic carbocycles. The number of aromatic nitrogens is 4. The maximum atomic E-state index is 13.9. The molecule has 0 unspecified atom stereocenters. The monoisotopic (exact) mass is 397 g/mol. The SMILES string of the molecule is NC(=O)c1cnc2ccc(-c3c(-c4cc(F)c(F)c(F)c4)nc4n3CCC4)cn12. The Balaban J connectivity index is 1.77. The molecule has 29 heavy (non-hydrogen) atoms. The molecule has 1 aromatic carbocycles. The van der Waals surface area contributed by atoms with Crippen molar-refractivity contribution >= 4 is 11.6 Å². The molecule has 0 radical (unpaired) electrons. The number of carbonyl (C=O) groups is 1. The van der Waals surface area contributed by atoms with Gasteiger partial charge in [-0.1, -0.05) is 0 Å². The first kappa shape index (κ1) is 17.5. The number of rotatable bonds is 3. The summed E-state index contributed by atoms with van der Waals surface area (Å²) in [6, 6.07) is 5.37. The lowest BCUT2D eigenvalue weighted by Gasteiger charge is -2.10. The average Bonchev–Trinajstić information content (AvgIpc) is 3.38. The van der Waals surface area contributed by atoms with E-state index in [1.807, 2.05) is 4.57 Å². The van der Waals surface area contributed by atoms with Crippen LogP contribution in [0.15, 0.2) is 36.7 Å². The number of fused-ring (bicyclic) bond motifs is 2. The lowest BCUT2D eigenvalue weighted by molar-refractivity contribution is 0.0994. The van der Waals surface area contributed by atoms with E-state index >= 15 is 0 Å². The van der Waals surface area contributed by atoms with Gasteiger partial charge in [0.2, 0.25) is 0 Å². The fourth-order valence-electron chi connectivity index (χ4n) is 3.82. The lowest BCUT2D eigenvalue weighted by atomic mass is 10.1. The van der Waals surface area contributed by atoms with E-state index in [9.17, 15) is 18.0 Å². The van der Waals surface area contributed by atoms with Crippen LogP contribution in [0.4, 0.5) is 13.2 Å². The topological polar surface area (TPSA) is 78.2 Å². The second-order valence-electron chi connectivity index (χ2n) is 6.89. The third kappa shape index (κ3) is 2.61. The summed E-state index contributed by atoms with van der Waals surface area (Å²) in [5.74, 6) is -3.93. The standard InChI is InChI=1S/C20H14F3N5O/c21-12-6-11(7-13(22)17(12)23)18-19(27-5-1-2-16(27)26-18)10-3-4-15-25-8-14(20(24)29)28(15)9-10/h3-4,6-9H,1-2,5H2,(H2,24,29). The van der Waals surface area contributed by atoms with Crippen LogP contribution in [-0.4, -0.2) is 24.8 Å². The largest absolute Gasteiger partial charge is 0.364 e. The molecule has 9 heteroatoms. The van der Waals surface area contributed by atoms with Crippen molar-refractivity contribution in [3.05, 3.63) is 65.6 Å². The molecule has 0 atom stereocenters. The summed E-state index contributed by atoms with van der Waals surface area (Å²) in [5, 5.41) is 0. The molecule has 1 aliphatic heterocycles. The Morgan fingerprint density at radius 1 is 1.10 bits per heavy atom. The Morgan fingerprint density at radius 3 is 2.59 bits per heavy atom. The van der Waals surface area contributed by atoms with Gasteiger partial charge in [0.05, 0.1) is 17.6 Å². The molecule has 146 valence electrons. The zero-order valence-electron chi connectivity index (χ0n) is 15.0. The van der Waals surface area contributed by atoms with Gasteiger partial charge in [0, 0.05) is 30.3 Å². The first-order chi connectivity index (χ1) is 13.9. The summed E-state index contributed by atoms with van der Waals surface area (Å²) >= 11 is 0. The minimum atomic E-state index is -1.52. The third-order valence-corrected chi connectivity index (χ3v) is 5.12. The smallest absolute Gasteiger partial charge is 0.267 e. The molecule has 1 amide bonds. The summed E-state index contributed by atoms with van der Waals surface area (Å²) in [6.07, 6.45) is 4.68. The van der Waals surface area contributed by atoms with Crippen molar-refractivity contribution in [3.8, 4) is 22.5 Å². The van der Waals surface area contributed by atoms with Gasteiger partial charge >= 0.3 is 0 Å². The number of carbonyl (C=O) groups excluding carboxylic acids is 1. The third-order valence-electron chi connectivity index (χ3n) is 5.12. The van der Waals surface area contributed by atoms with E-state index in [1.54, 1.807) is 22.7 Å². The molecular formula is C20H14F3N5O. The van der Waals surface area contributed by atoms with Crippen molar-refractivity contribution in [3.63, 3.8) is 0 Å². The first-order valence-corrected chi connectivity index (χ1v) is 8.95. The number of nitrogens with zero attached hydrogens (tertiary/aromatic N) is 4. The number of nitrogens with two attached hydrogens (primary N) is 1. The van der Waals surface area contributed by atoms with E-state index in [0.717, 1.165) is 30.8 Å². The van der Waals surface area contributed by atoms with Crippen molar-refractivity contribution in [2.45, 2.75) is 19.4 Å². The molecule has 4 aromatic rings. The van der Waals surface area contributed by atoms with Gasteiger partial charge in [-0.15, -0.1) is 0 Å². The molecule has 0 bridgehead atoms. The summed E-state index contributed by atoms with van der Waals surface area (Å²) in [5.41, 5.74) is 7.94. The van der Waals surface area contributed by atoms with Crippen molar-refractivity contribution in [2.24, 2.45) is 5.73 Å². The minimum absolute atomic E-state index is 0.138. The number of benzene rings is 1. The minimum Gasteiger partial charge on any atom is -0.364 e. The zero-order chi connectivity index (χ0) is 20.3. The van der Waals surface area contributed by atoms with Gasteiger partial charge in [-0.05, 0) is 30.7 Å². The molecule has 2 N–H and O–H groups in total. The second-order valence-corrected chi connectivity index (χ2v) is 6.89. The van der Waals surface area contributed by atoms with Crippen LogP contribution in [0, 0.1) is 17.5 Å². The van der Waals surface area contributed by atoms with Crippen LogP contribution in [0.2, 0.25) is 0 Å². The van der Waals surface area contributed by atoms with Crippen molar-refractivity contribution < 1.29 is 18.0 Å². The number of imidazole rings is 2. The highest BCUT2D eigenvalue weighted by molar-refractivity contribution is 5.92. The van der Waals surface area contributed by atoms with Crippen LogP contribution in [0.25, 0.3) is 28.2 Å². The summed E-state index contributed by atoms with van der Waals surface area (Å²) < 4.78 is 44.7. The predicted molar refractivity (Wildman–Crippen MR) is 98.6 cm³/mol. The Kier molecular flexibility index (Phi) is 3.73. The molecule has 0 fully saturated rings. The summed E-state index contributed by atoms with van der Waals surface area (Å²) in [7, 11) is 0. The number of amides is 1. The summed E-state index contributed by atoms with van der Waals surface area (Å²) in [4.78, 5) is 20.4. The van der Waals surface area contributed by atoms with E-state index in [4.69, 9.17) is 5.73 Å². The molecule has 4 heterocycles. The fraction of sp³-hybridized carbons (Fsp3) is 0.150. The van der Waals surface area contributed by atoms with E-state index in [0.29, 0.717) is 29.1 Å². The number of pyridine rings is 1. The van der Waals surface area contributed by atoms with Crippen molar-refractivity contribution in [2.75, 3.05) is 0 Å². The highest BCUT2D eigenvalue weighted by atomic mass is 19.2. The Hall–Kier alpha value is -3.62. The Labute approximate surface area is 162 Å². The van der Waals surface area contributed by atoms with Gasteiger partial charge in [0.1, 0.15) is 17.2 Å². The predicted octanol–water partition coefficient (Wildman–Crippen LogP) is 3.33. The van der Waals surface area contributed by atoms with Crippen molar-refractivity contribution in [1.29, 1.82) is 0 Å². The average molecular weight is 397 g/mol. The molecule has 5 rings (SSSR count). The molecule has 1 aliphatic rings. The van der Waals surface area contributed by atoms with E-state index in [2.05, 4.69) is 9.97 Å². The van der Waals surface area contributed by atoms with Crippen LogP contribution in [0.1, 0.15) is 22.7 Å². The number of hydrogen-bond acceptors (Lipinski definition) is 3. The van der Waals surface area contributed by atoms with Crippen LogP contribution in [0.5, 0.6) is 0 Å². The van der Waals surface area contributed by atoms with Gasteiger partial charge < -0.3 is 10.3 Å². The van der Waals surface area contributed by atoms with Crippen LogP contribution >= 0.6 is 0 Å². The quantitative estimate of drug-likeness (QED) is 0.539. The molecule has 6 nitrogen and oxygen atoms in total. The molecule has 3 aromatic heterocycles. The number of hydrogen-bond donors (Lipinski definition) is 1. The van der Waals surface area contributed by atoms with Gasteiger partial charge in [0.25, 0.3) is 5.91 Å². The second kappa shape index (κ2) is 6.20. The van der Waals surface area contributed by atoms with Gasteiger partial charge in [-0.2, -0.15) is 0 Å². The van der Waals surface area contributed by atoms with Gasteiger partial charge in [-0.3, -0.25) is 9.20 Å². The molecule has 0 saturated carbocycles. The zero-order valence-corrected chi connectivity index (χ0v) is 15.0.